The van der Waals surface area contributed by atoms with Gasteiger partial charge in [0.2, 0.25) is 5.91 Å². The molecule has 0 fully saturated rings. The highest BCUT2D eigenvalue weighted by atomic mass is 16.6. The molecule has 3 N–H and O–H groups in total. The lowest BCUT2D eigenvalue weighted by atomic mass is 9.82. The Morgan fingerprint density at radius 3 is 2.38 bits per heavy atom. The van der Waals surface area contributed by atoms with Gasteiger partial charge in [-0.25, -0.2) is 0 Å². The predicted molar refractivity (Wildman–Crippen MR) is 74.4 cm³/mol. The van der Waals surface area contributed by atoms with E-state index < -0.39 is 23.4 Å². The molecule has 1 amide bonds. The molecule has 0 saturated heterocycles. The molecule has 3 rings (SSSR count). The van der Waals surface area contributed by atoms with Crippen LogP contribution in [0.2, 0.25) is 0 Å². The monoisotopic (exact) mass is 283 g/mol. The van der Waals surface area contributed by atoms with E-state index in [4.69, 9.17) is 10.5 Å². The molecule has 0 aliphatic carbocycles. The molecule has 0 saturated carbocycles. The van der Waals surface area contributed by atoms with Crippen LogP contribution in [0.15, 0.2) is 54.6 Å². The first-order valence-corrected chi connectivity index (χ1v) is 6.43. The van der Waals surface area contributed by atoms with Crippen molar-refractivity contribution in [3.05, 3.63) is 65.7 Å². The number of benzene rings is 2. The van der Waals surface area contributed by atoms with Crippen LogP contribution in [0, 0.1) is 5.92 Å². The summed E-state index contributed by atoms with van der Waals surface area (Å²) in [5.74, 6) is -4.84. The Balaban J connectivity index is 2.20. The van der Waals surface area contributed by atoms with Crippen molar-refractivity contribution in [1.29, 1.82) is 0 Å². The second kappa shape index (κ2) is 4.71. The van der Waals surface area contributed by atoms with Crippen molar-refractivity contribution < 1.29 is 19.4 Å². The van der Waals surface area contributed by atoms with Gasteiger partial charge in [0.1, 0.15) is 5.75 Å². The Kier molecular flexibility index (Phi) is 2.99. The van der Waals surface area contributed by atoms with Crippen molar-refractivity contribution in [3.8, 4) is 5.75 Å². The van der Waals surface area contributed by atoms with Crippen LogP contribution in [0.3, 0.4) is 0 Å². The number of carbonyl (C=O) groups is 2. The van der Waals surface area contributed by atoms with E-state index in [0.717, 1.165) is 0 Å². The highest BCUT2D eigenvalue weighted by Gasteiger charge is 2.53. The number of ketones is 1. The first-order valence-electron chi connectivity index (χ1n) is 6.43. The van der Waals surface area contributed by atoms with Gasteiger partial charge in [0.05, 0.1) is 5.56 Å². The van der Waals surface area contributed by atoms with E-state index in [9.17, 15) is 14.7 Å². The Morgan fingerprint density at radius 1 is 1.10 bits per heavy atom. The van der Waals surface area contributed by atoms with E-state index in [1.165, 1.54) is 6.07 Å². The minimum absolute atomic E-state index is 0.228. The largest absolute Gasteiger partial charge is 0.456 e. The van der Waals surface area contributed by atoms with Crippen LogP contribution in [-0.4, -0.2) is 16.8 Å². The molecule has 0 radical (unpaired) electrons. The summed E-state index contributed by atoms with van der Waals surface area (Å²) in [4.78, 5) is 24.2. The molecule has 0 spiro atoms. The van der Waals surface area contributed by atoms with Crippen molar-refractivity contribution >= 4 is 11.7 Å². The van der Waals surface area contributed by atoms with Crippen LogP contribution in [0.4, 0.5) is 0 Å². The van der Waals surface area contributed by atoms with Gasteiger partial charge >= 0.3 is 0 Å². The number of amides is 1. The third-order valence-corrected chi connectivity index (χ3v) is 3.54. The molecular formula is C16H13NO4. The van der Waals surface area contributed by atoms with Gasteiger partial charge in [-0.1, -0.05) is 42.5 Å². The van der Waals surface area contributed by atoms with Crippen LogP contribution in [0.25, 0.3) is 0 Å². The molecule has 5 heteroatoms. The van der Waals surface area contributed by atoms with Gasteiger partial charge in [-0.05, 0) is 12.1 Å². The summed E-state index contributed by atoms with van der Waals surface area (Å²) in [7, 11) is 0. The maximum Gasteiger partial charge on any atom is 0.254 e. The Morgan fingerprint density at radius 2 is 1.71 bits per heavy atom. The fourth-order valence-corrected chi connectivity index (χ4v) is 2.54. The van der Waals surface area contributed by atoms with E-state index in [0.29, 0.717) is 5.56 Å². The summed E-state index contributed by atoms with van der Waals surface area (Å²) in [6.07, 6.45) is 0. The molecule has 1 heterocycles. The predicted octanol–water partition coefficient (Wildman–Crippen LogP) is 1.21. The van der Waals surface area contributed by atoms with Gasteiger partial charge in [0, 0.05) is 5.56 Å². The lowest BCUT2D eigenvalue weighted by Gasteiger charge is -2.38. The number of hydrogen-bond donors (Lipinski definition) is 2. The van der Waals surface area contributed by atoms with E-state index in [-0.39, 0.29) is 11.3 Å². The maximum atomic E-state index is 12.5. The Labute approximate surface area is 121 Å². The van der Waals surface area contributed by atoms with Crippen LogP contribution in [0.1, 0.15) is 15.9 Å². The molecule has 0 aromatic heterocycles. The molecular weight excluding hydrogens is 270 g/mol. The van der Waals surface area contributed by atoms with Crippen LogP contribution in [0.5, 0.6) is 5.75 Å². The number of ether oxygens (including phenoxy) is 1. The van der Waals surface area contributed by atoms with Gasteiger partial charge in [-0.2, -0.15) is 0 Å². The number of carbonyl (C=O) groups excluding carboxylic acids is 2. The van der Waals surface area contributed by atoms with Crippen LogP contribution >= 0.6 is 0 Å². The molecule has 0 bridgehead atoms. The SMILES string of the molecule is NC(=O)C1C(=O)c2ccccc2OC1(O)c1ccccc1. The number of aliphatic hydroxyl groups is 1. The van der Waals surface area contributed by atoms with Gasteiger partial charge in [-0.3, -0.25) is 9.59 Å². The number of para-hydroxylation sites is 1. The van der Waals surface area contributed by atoms with Crippen molar-refractivity contribution in [3.63, 3.8) is 0 Å². The molecule has 21 heavy (non-hydrogen) atoms. The topological polar surface area (TPSA) is 89.6 Å². The number of fused-ring (bicyclic) bond motifs is 1. The molecule has 2 atom stereocenters. The minimum atomic E-state index is -2.10. The molecule has 106 valence electrons. The molecule has 2 aromatic carbocycles. The fourth-order valence-electron chi connectivity index (χ4n) is 2.54. The zero-order valence-electron chi connectivity index (χ0n) is 11.0. The van der Waals surface area contributed by atoms with E-state index in [1.54, 1.807) is 48.5 Å². The summed E-state index contributed by atoms with van der Waals surface area (Å²) in [6.45, 7) is 0. The van der Waals surface area contributed by atoms with Crippen molar-refractivity contribution in [2.75, 3.05) is 0 Å². The third-order valence-electron chi connectivity index (χ3n) is 3.54. The standard InChI is InChI=1S/C16H13NO4/c17-15(19)13-14(18)11-8-4-5-9-12(11)21-16(13,20)10-6-2-1-3-7-10/h1-9,13,20H,(H2,17,19). The molecule has 2 aromatic rings. The third kappa shape index (κ3) is 1.98. The average molecular weight is 283 g/mol. The lowest BCUT2D eigenvalue weighted by molar-refractivity contribution is -0.184. The van der Waals surface area contributed by atoms with E-state index >= 15 is 0 Å². The smallest absolute Gasteiger partial charge is 0.254 e. The van der Waals surface area contributed by atoms with Crippen molar-refractivity contribution in [2.45, 2.75) is 5.79 Å². The van der Waals surface area contributed by atoms with E-state index in [1.807, 2.05) is 0 Å². The summed E-state index contributed by atoms with van der Waals surface area (Å²) in [5, 5.41) is 10.8. The molecule has 1 aliphatic heterocycles. The van der Waals surface area contributed by atoms with Gasteiger partial charge in [0.15, 0.2) is 11.7 Å². The Hall–Kier alpha value is -2.66. The van der Waals surface area contributed by atoms with Crippen LogP contribution < -0.4 is 10.5 Å². The van der Waals surface area contributed by atoms with Crippen molar-refractivity contribution in [2.24, 2.45) is 11.7 Å². The normalized spacial score (nSPS) is 24.0. The summed E-state index contributed by atoms with van der Waals surface area (Å²) < 4.78 is 5.58. The highest BCUT2D eigenvalue weighted by Crippen LogP contribution is 2.41. The first kappa shape index (κ1) is 13.3. The average Bonchev–Trinajstić information content (AvgIpc) is 2.48. The van der Waals surface area contributed by atoms with Gasteiger partial charge in [0.25, 0.3) is 5.79 Å². The summed E-state index contributed by atoms with van der Waals surface area (Å²) in [5.41, 5.74) is 5.87. The quantitative estimate of drug-likeness (QED) is 0.811. The Bertz CT molecular complexity index is 713. The number of primary amides is 1. The minimum Gasteiger partial charge on any atom is -0.456 e. The van der Waals surface area contributed by atoms with Gasteiger partial charge < -0.3 is 15.6 Å². The first-order chi connectivity index (χ1) is 10.0. The second-order valence-corrected chi connectivity index (χ2v) is 4.86. The number of rotatable bonds is 2. The van der Waals surface area contributed by atoms with Crippen molar-refractivity contribution in [1.82, 2.24) is 0 Å². The number of Topliss-reactive ketones (excluding diaryl/α,β-unsaturated/α-hetero) is 1. The zero-order chi connectivity index (χ0) is 15.0. The fraction of sp³-hybridized carbons (Fsp3) is 0.125. The zero-order valence-corrected chi connectivity index (χ0v) is 11.0. The number of nitrogens with two attached hydrogens (primary N) is 1. The second-order valence-electron chi connectivity index (χ2n) is 4.86. The lowest BCUT2D eigenvalue weighted by Crippen LogP contribution is -2.53. The molecule has 1 aliphatic rings. The number of hydrogen-bond acceptors (Lipinski definition) is 4. The molecule has 2 unspecified atom stereocenters. The molecule has 5 nitrogen and oxygen atoms in total. The van der Waals surface area contributed by atoms with E-state index in [2.05, 4.69) is 0 Å². The summed E-state index contributed by atoms with van der Waals surface area (Å²) >= 11 is 0. The van der Waals surface area contributed by atoms with Gasteiger partial charge in [-0.15, -0.1) is 0 Å². The highest BCUT2D eigenvalue weighted by molar-refractivity contribution is 6.12. The maximum absolute atomic E-state index is 12.5. The van der Waals surface area contributed by atoms with Crippen LogP contribution in [-0.2, 0) is 10.6 Å². The summed E-state index contributed by atoms with van der Waals surface area (Å²) in [6, 6.07) is 14.7.